The summed E-state index contributed by atoms with van der Waals surface area (Å²) in [4.78, 5) is 9.32. The first kappa shape index (κ1) is 7.26. The van der Waals surface area contributed by atoms with Crippen molar-refractivity contribution in [2.24, 2.45) is 0 Å². The van der Waals surface area contributed by atoms with Crippen molar-refractivity contribution in [3.05, 3.63) is 33.7 Å². The van der Waals surface area contributed by atoms with Gasteiger partial charge in [0.15, 0.2) is 0 Å². The maximum atomic E-state index is 10.5. The summed E-state index contributed by atoms with van der Waals surface area (Å²) in [5, 5.41) is 29.2. The standard InChI is InChI=1S/C5H4N2O4/c8-5-2-1-4(7(10)11)3-6(5)9/h1-3,8H. The first-order chi connectivity index (χ1) is 5.11. The van der Waals surface area contributed by atoms with Gasteiger partial charge in [-0.05, 0) is 0 Å². The van der Waals surface area contributed by atoms with Crippen LogP contribution >= 0.6 is 0 Å². The summed E-state index contributed by atoms with van der Waals surface area (Å²) in [6.45, 7) is 0. The molecular weight excluding hydrogens is 152 g/mol. The van der Waals surface area contributed by atoms with Gasteiger partial charge in [-0.1, -0.05) is 0 Å². The minimum atomic E-state index is -0.714. The van der Waals surface area contributed by atoms with Crippen LogP contribution in [0.25, 0.3) is 0 Å². The van der Waals surface area contributed by atoms with Crippen LogP contribution in [0.15, 0.2) is 18.3 Å². The van der Waals surface area contributed by atoms with E-state index in [1.807, 2.05) is 0 Å². The average Bonchev–Trinajstić information content (AvgIpc) is 1.94. The summed E-state index contributed by atoms with van der Waals surface area (Å²) in [6, 6.07) is 2.01. The van der Waals surface area contributed by atoms with Crippen molar-refractivity contribution in [3.63, 3.8) is 0 Å². The van der Waals surface area contributed by atoms with Gasteiger partial charge in [0.1, 0.15) is 0 Å². The van der Waals surface area contributed by atoms with E-state index in [0.29, 0.717) is 6.20 Å². The fraction of sp³-hybridized carbons (Fsp3) is 0. The second-order valence-electron chi connectivity index (χ2n) is 1.83. The summed E-state index contributed by atoms with van der Waals surface area (Å²) in [6.07, 6.45) is 0.690. The molecule has 0 aliphatic carbocycles. The van der Waals surface area contributed by atoms with Crippen molar-refractivity contribution in [1.29, 1.82) is 0 Å². The van der Waals surface area contributed by atoms with Crippen molar-refractivity contribution >= 4 is 5.69 Å². The lowest BCUT2D eigenvalue weighted by atomic mass is 10.4. The van der Waals surface area contributed by atoms with Crippen molar-refractivity contribution in [3.8, 4) is 5.88 Å². The lowest BCUT2D eigenvalue weighted by Crippen LogP contribution is -2.25. The van der Waals surface area contributed by atoms with Gasteiger partial charge in [0.05, 0.1) is 11.0 Å². The molecular formula is C5H4N2O4. The highest BCUT2D eigenvalue weighted by Gasteiger charge is 2.11. The summed E-state index contributed by atoms with van der Waals surface area (Å²) in [5.74, 6) is -0.560. The summed E-state index contributed by atoms with van der Waals surface area (Å²) < 4.78 is 0.0259. The molecule has 0 radical (unpaired) electrons. The van der Waals surface area contributed by atoms with Gasteiger partial charge in [-0.2, -0.15) is 0 Å². The maximum absolute atomic E-state index is 10.5. The Labute approximate surface area is 61.1 Å². The number of hydrogen-bond acceptors (Lipinski definition) is 4. The minimum Gasteiger partial charge on any atom is -0.616 e. The van der Waals surface area contributed by atoms with E-state index >= 15 is 0 Å². The number of aromatic nitrogens is 1. The van der Waals surface area contributed by atoms with Gasteiger partial charge in [0, 0.05) is 6.07 Å². The van der Waals surface area contributed by atoms with E-state index < -0.39 is 10.8 Å². The molecule has 0 atom stereocenters. The van der Waals surface area contributed by atoms with Crippen LogP contribution in [0.3, 0.4) is 0 Å². The predicted octanol–water partition coefficient (Wildman–Crippen LogP) is -0.0662. The van der Waals surface area contributed by atoms with E-state index in [9.17, 15) is 15.3 Å². The second-order valence-corrected chi connectivity index (χ2v) is 1.83. The zero-order chi connectivity index (χ0) is 8.43. The van der Waals surface area contributed by atoms with Crippen LogP contribution < -0.4 is 4.73 Å². The van der Waals surface area contributed by atoms with E-state index in [1.165, 1.54) is 0 Å². The Morgan fingerprint density at radius 3 is 2.64 bits per heavy atom. The summed E-state index contributed by atoms with van der Waals surface area (Å²) in [7, 11) is 0. The van der Waals surface area contributed by atoms with Crippen molar-refractivity contribution in [2.45, 2.75) is 0 Å². The first-order valence-corrected chi connectivity index (χ1v) is 2.68. The topological polar surface area (TPSA) is 90.3 Å². The highest BCUT2D eigenvalue weighted by molar-refractivity contribution is 5.24. The molecule has 1 aromatic rings. The van der Waals surface area contributed by atoms with Crippen LogP contribution in [-0.4, -0.2) is 10.0 Å². The number of nitrogens with zero attached hydrogens (tertiary/aromatic N) is 2. The van der Waals surface area contributed by atoms with Gasteiger partial charge < -0.3 is 10.3 Å². The largest absolute Gasteiger partial charge is 0.616 e. The Kier molecular flexibility index (Phi) is 1.59. The van der Waals surface area contributed by atoms with Gasteiger partial charge in [-0.15, -0.1) is 4.73 Å². The molecule has 0 aliphatic heterocycles. The predicted molar refractivity (Wildman–Crippen MR) is 33.7 cm³/mol. The molecule has 1 rings (SSSR count). The Morgan fingerprint density at radius 2 is 2.18 bits per heavy atom. The van der Waals surface area contributed by atoms with Gasteiger partial charge in [0.2, 0.25) is 0 Å². The fourth-order valence-corrected chi connectivity index (χ4v) is 0.571. The molecule has 0 aromatic carbocycles. The molecule has 0 saturated heterocycles. The van der Waals surface area contributed by atoms with Crippen LogP contribution in [0.5, 0.6) is 5.88 Å². The zero-order valence-electron chi connectivity index (χ0n) is 5.30. The van der Waals surface area contributed by atoms with E-state index in [1.54, 1.807) is 0 Å². The fourth-order valence-electron chi connectivity index (χ4n) is 0.571. The molecule has 1 heterocycles. The van der Waals surface area contributed by atoms with Gasteiger partial charge >= 0.3 is 11.6 Å². The van der Waals surface area contributed by atoms with Crippen LogP contribution in [0.1, 0.15) is 0 Å². The Bertz CT molecular complexity index is 299. The molecule has 6 nitrogen and oxygen atoms in total. The van der Waals surface area contributed by atoms with Crippen molar-refractivity contribution in [2.75, 3.05) is 0 Å². The van der Waals surface area contributed by atoms with Gasteiger partial charge in [0.25, 0.3) is 6.20 Å². The Hall–Kier alpha value is -1.85. The molecule has 0 bridgehead atoms. The Balaban J connectivity index is 3.15. The third-order valence-corrected chi connectivity index (χ3v) is 1.09. The van der Waals surface area contributed by atoms with Gasteiger partial charge in [-0.3, -0.25) is 10.1 Å². The quantitative estimate of drug-likeness (QED) is 0.267. The third kappa shape index (κ3) is 1.34. The smallest absolute Gasteiger partial charge is 0.377 e. The molecule has 0 amide bonds. The van der Waals surface area contributed by atoms with Crippen LogP contribution in [-0.2, 0) is 0 Å². The molecule has 58 valence electrons. The molecule has 1 aromatic heterocycles. The average molecular weight is 156 g/mol. The molecule has 0 fully saturated rings. The SMILES string of the molecule is O=[N+]([O-])c1ccc(O)[n+]([O-])c1. The first-order valence-electron chi connectivity index (χ1n) is 2.68. The summed E-state index contributed by atoms with van der Waals surface area (Å²) in [5.41, 5.74) is -0.349. The van der Waals surface area contributed by atoms with Crippen LogP contribution in [0.2, 0.25) is 0 Å². The molecule has 0 spiro atoms. The monoisotopic (exact) mass is 156 g/mol. The number of nitro groups is 1. The normalized spacial score (nSPS) is 9.45. The number of aromatic hydroxyl groups is 1. The van der Waals surface area contributed by atoms with E-state index in [-0.39, 0.29) is 10.4 Å². The minimum absolute atomic E-state index is 0.0259. The molecule has 0 aliphatic rings. The highest BCUT2D eigenvalue weighted by atomic mass is 16.6. The van der Waals surface area contributed by atoms with E-state index in [2.05, 4.69) is 0 Å². The second kappa shape index (κ2) is 2.41. The lowest BCUT2D eigenvalue weighted by Gasteiger charge is -1.95. The maximum Gasteiger partial charge on any atom is 0.377 e. The molecule has 6 heteroatoms. The van der Waals surface area contributed by atoms with Crippen LogP contribution in [0.4, 0.5) is 5.69 Å². The Morgan fingerprint density at radius 1 is 1.55 bits per heavy atom. The number of pyridine rings is 1. The van der Waals surface area contributed by atoms with E-state index in [0.717, 1.165) is 12.1 Å². The van der Waals surface area contributed by atoms with Crippen molar-refractivity contribution < 1.29 is 14.8 Å². The zero-order valence-corrected chi connectivity index (χ0v) is 5.30. The van der Waals surface area contributed by atoms with Gasteiger partial charge in [-0.25, -0.2) is 0 Å². The third-order valence-electron chi connectivity index (χ3n) is 1.09. The molecule has 0 unspecified atom stereocenters. The molecule has 1 N–H and O–H groups in total. The molecule has 0 saturated carbocycles. The highest BCUT2D eigenvalue weighted by Crippen LogP contribution is 2.09. The lowest BCUT2D eigenvalue weighted by molar-refractivity contribution is -0.617. The van der Waals surface area contributed by atoms with Crippen LogP contribution in [0, 0.1) is 15.3 Å². The molecule has 11 heavy (non-hydrogen) atoms. The number of hydrogen-bond donors (Lipinski definition) is 1. The summed E-state index contributed by atoms with van der Waals surface area (Å²) >= 11 is 0. The number of rotatable bonds is 1. The van der Waals surface area contributed by atoms with E-state index in [4.69, 9.17) is 5.11 Å². The van der Waals surface area contributed by atoms with Crippen molar-refractivity contribution in [1.82, 2.24) is 0 Å².